The van der Waals surface area contributed by atoms with Crippen LogP contribution >= 0.6 is 0 Å². The Kier molecular flexibility index (Phi) is 9.19. The van der Waals surface area contributed by atoms with Gasteiger partial charge in [-0.05, 0) is 25.3 Å². The van der Waals surface area contributed by atoms with E-state index in [1.807, 2.05) is 37.3 Å². The smallest absolute Gasteiger partial charge is 0.407 e. The van der Waals surface area contributed by atoms with Gasteiger partial charge in [-0.15, -0.1) is 0 Å². The van der Waals surface area contributed by atoms with Gasteiger partial charge in [0.25, 0.3) is 0 Å². The van der Waals surface area contributed by atoms with Gasteiger partial charge in [0.05, 0.1) is 6.61 Å². The fourth-order valence-electron chi connectivity index (χ4n) is 2.17. The van der Waals surface area contributed by atoms with Gasteiger partial charge in [-0.3, -0.25) is 9.59 Å². The molecule has 0 radical (unpaired) electrons. The molecule has 1 aromatic carbocycles. The van der Waals surface area contributed by atoms with Gasteiger partial charge in [-0.2, -0.15) is 0 Å². The van der Waals surface area contributed by atoms with E-state index in [-0.39, 0.29) is 32.0 Å². The molecule has 6 nitrogen and oxygen atoms in total. The van der Waals surface area contributed by atoms with E-state index in [0.29, 0.717) is 12.8 Å². The van der Waals surface area contributed by atoms with E-state index in [2.05, 4.69) is 5.32 Å². The summed E-state index contributed by atoms with van der Waals surface area (Å²) in [6, 6.07) is 9.31. The summed E-state index contributed by atoms with van der Waals surface area (Å²) < 4.78 is 10.0. The van der Waals surface area contributed by atoms with Crippen LogP contribution in [0.2, 0.25) is 0 Å². The van der Waals surface area contributed by atoms with Crippen molar-refractivity contribution < 1.29 is 23.9 Å². The van der Waals surface area contributed by atoms with Gasteiger partial charge in [-0.25, -0.2) is 4.79 Å². The predicted octanol–water partition coefficient (Wildman–Crippen LogP) is 2.85. The van der Waals surface area contributed by atoms with Gasteiger partial charge >= 0.3 is 12.1 Å². The molecule has 0 heterocycles. The zero-order valence-electron chi connectivity index (χ0n) is 14.2. The Balaban J connectivity index is 2.38. The van der Waals surface area contributed by atoms with Crippen LogP contribution in [0.15, 0.2) is 30.3 Å². The molecule has 0 aliphatic rings. The van der Waals surface area contributed by atoms with Crippen molar-refractivity contribution in [2.45, 2.75) is 39.7 Å². The zero-order chi connectivity index (χ0) is 17.8. The predicted molar refractivity (Wildman–Crippen MR) is 89.3 cm³/mol. The fraction of sp³-hybridized carbons (Fsp3) is 0.500. The summed E-state index contributed by atoms with van der Waals surface area (Å²) in [5, 5.41) is 2.56. The van der Waals surface area contributed by atoms with Crippen molar-refractivity contribution in [2.24, 2.45) is 5.92 Å². The first-order valence-corrected chi connectivity index (χ1v) is 8.22. The van der Waals surface area contributed by atoms with E-state index in [4.69, 9.17) is 9.47 Å². The molecule has 1 amide bonds. The number of rotatable bonds is 10. The van der Waals surface area contributed by atoms with Crippen molar-refractivity contribution in [1.29, 1.82) is 0 Å². The molecule has 0 spiro atoms. The number of ether oxygens (including phenoxy) is 2. The zero-order valence-corrected chi connectivity index (χ0v) is 14.2. The van der Waals surface area contributed by atoms with Crippen LogP contribution < -0.4 is 5.32 Å². The molecule has 0 bridgehead atoms. The van der Waals surface area contributed by atoms with Crippen LogP contribution in [0.3, 0.4) is 0 Å². The van der Waals surface area contributed by atoms with Gasteiger partial charge in [-0.1, -0.05) is 37.3 Å². The lowest BCUT2D eigenvalue weighted by Gasteiger charge is -2.14. The Morgan fingerprint density at radius 2 is 1.79 bits per heavy atom. The third kappa shape index (κ3) is 7.26. The summed E-state index contributed by atoms with van der Waals surface area (Å²) >= 11 is 0. The van der Waals surface area contributed by atoms with Crippen molar-refractivity contribution in [3.63, 3.8) is 0 Å². The number of amides is 1. The molecule has 0 saturated carbocycles. The van der Waals surface area contributed by atoms with E-state index in [1.165, 1.54) is 0 Å². The second kappa shape index (κ2) is 11.2. The van der Waals surface area contributed by atoms with Crippen LogP contribution in [0, 0.1) is 5.92 Å². The number of ketones is 1. The van der Waals surface area contributed by atoms with Gasteiger partial charge < -0.3 is 14.8 Å². The molecular formula is C18H25NO5. The summed E-state index contributed by atoms with van der Waals surface area (Å²) in [5.74, 6) is -1.52. The number of carbonyl (C=O) groups is 3. The molecule has 1 N–H and O–H groups in total. The Morgan fingerprint density at radius 3 is 2.42 bits per heavy atom. The van der Waals surface area contributed by atoms with E-state index in [0.717, 1.165) is 5.56 Å². The number of hydrogen-bond donors (Lipinski definition) is 1. The highest BCUT2D eigenvalue weighted by Crippen LogP contribution is 2.11. The van der Waals surface area contributed by atoms with Gasteiger partial charge in [0.15, 0.2) is 0 Å². The van der Waals surface area contributed by atoms with Crippen LogP contribution in [-0.4, -0.2) is 31.0 Å². The molecule has 24 heavy (non-hydrogen) atoms. The minimum atomic E-state index is -0.834. The molecule has 1 aromatic rings. The maximum atomic E-state index is 12.0. The van der Waals surface area contributed by atoms with Crippen molar-refractivity contribution in [3.8, 4) is 0 Å². The quantitative estimate of drug-likeness (QED) is 0.525. The monoisotopic (exact) mass is 335 g/mol. The topological polar surface area (TPSA) is 81.7 Å². The summed E-state index contributed by atoms with van der Waals surface area (Å²) in [4.78, 5) is 35.5. The van der Waals surface area contributed by atoms with E-state index < -0.39 is 18.0 Å². The normalized spacial score (nSPS) is 11.4. The Labute approximate surface area is 142 Å². The summed E-state index contributed by atoms with van der Waals surface area (Å²) in [7, 11) is 0. The molecular weight excluding hydrogens is 310 g/mol. The van der Waals surface area contributed by atoms with Crippen LogP contribution in [-0.2, 0) is 25.7 Å². The molecule has 0 aliphatic carbocycles. The van der Waals surface area contributed by atoms with Crippen molar-refractivity contribution in [1.82, 2.24) is 5.32 Å². The average molecular weight is 335 g/mol. The number of esters is 1. The molecule has 1 unspecified atom stereocenters. The minimum absolute atomic E-state index is 0.157. The Morgan fingerprint density at radius 1 is 1.08 bits per heavy atom. The maximum Gasteiger partial charge on any atom is 0.407 e. The third-order valence-corrected chi connectivity index (χ3v) is 3.37. The molecule has 1 rings (SSSR count). The van der Waals surface area contributed by atoms with Crippen molar-refractivity contribution in [3.05, 3.63) is 35.9 Å². The highest BCUT2D eigenvalue weighted by molar-refractivity contribution is 5.99. The van der Waals surface area contributed by atoms with Crippen molar-refractivity contribution >= 4 is 17.8 Å². The molecule has 132 valence electrons. The molecule has 0 saturated heterocycles. The first-order chi connectivity index (χ1) is 11.6. The fourth-order valence-corrected chi connectivity index (χ4v) is 2.17. The van der Waals surface area contributed by atoms with Crippen LogP contribution in [0.1, 0.15) is 38.7 Å². The summed E-state index contributed by atoms with van der Waals surface area (Å²) in [6.45, 7) is 4.13. The van der Waals surface area contributed by atoms with Gasteiger partial charge in [0, 0.05) is 13.0 Å². The minimum Gasteiger partial charge on any atom is -0.465 e. The molecule has 0 aliphatic heterocycles. The summed E-state index contributed by atoms with van der Waals surface area (Å²) in [6.07, 6.45) is 0.616. The first-order valence-electron chi connectivity index (χ1n) is 8.22. The van der Waals surface area contributed by atoms with E-state index >= 15 is 0 Å². The highest BCUT2D eigenvalue weighted by atomic mass is 16.5. The highest BCUT2D eigenvalue weighted by Gasteiger charge is 2.26. The molecule has 0 fully saturated rings. The van der Waals surface area contributed by atoms with Crippen LogP contribution in [0.25, 0.3) is 0 Å². The van der Waals surface area contributed by atoms with Gasteiger partial charge in [0.2, 0.25) is 0 Å². The molecule has 1 atom stereocenters. The largest absolute Gasteiger partial charge is 0.465 e. The number of nitrogens with one attached hydrogen (secondary N) is 1. The van der Waals surface area contributed by atoms with Crippen molar-refractivity contribution in [2.75, 3.05) is 13.2 Å². The van der Waals surface area contributed by atoms with Gasteiger partial charge in [0.1, 0.15) is 18.3 Å². The number of alkyl carbamates (subject to hydrolysis) is 1. The lowest BCUT2D eigenvalue weighted by molar-refractivity contribution is -0.151. The number of carbonyl (C=O) groups excluding carboxylic acids is 3. The second-order valence-electron chi connectivity index (χ2n) is 5.30. The SMILES string of the molecule is CCCC(=O)C(CCNC(=O)OCc1ccccc1)C(=O)OCC. The number of hydrogen-bond acceptors (Lipinski definition) is 5. The first kappa shape index (κ1) is 19.7. The maximum absolute atomic E-state index is 12.0. The average Bonchev–Trinajstić information content (AvgIpc) is 2.58. The van der Waals surface area contributed by atoms with E-state index in [1.54, 1.807) is 6.92 Å². The number of benzene rings is 1. The second-order valence-corrected chi connectivity index (χ2v) is 5.30. The lowest BCUT2D eigenvalue weighted by atomic mass is 9.97. The van der Waals surface area contributed by atoms with E-state index in [9.17, 15) is 14.4 Å². The Bertz CT molecular complexity index is 511. The van der Waals surface area contributed by atoms with Crippen LogP contribution in [0.4, 0.5) is 4.79 Å². The van der Waals surface area contributed by atoms with Crippen LogP contribution in [0.5, 0.6) is 0 Å². The lowest BCUT2D eigenvalue weighted by Crippen LogP contribution is -2.32. The molecule has 6 heteroatoms. The third-order valence-electron chi connectivity index (χ3n) is 3.37. The summed E-state index contributed by atoms with van der Waals surface area (Å²) in [5.41, 5.74) is 0.884. The number of Topliss-reactive ketones (excluding diaryl/α,β-unsaturated/α-hetero) is 1. The standard InChI is InChI=1S/C18H25NO5/c1-3-8-16(20)15(17(21)23-4-2)11-12-19-18(22)24-13-14-9-6-5-7-10-14/h5-7,9-10,15H,3-4,8,11-13H2,1-2H3,(H,19,22). The molecule has 0 aromatic heterocycles. The Hall–Kier alpha value is -2.37.